The van der Waals surface area contributed by atoms with Crippen LogP contribution >= 0.6 is 0 Å². The molecule has 0 bridgehead atoms. The zero-order chi connectivity index (χ0) is 32.8. The Balaban J connectivity index is 0.000000185. The van der Waals surface area contributed by atoms with Crippen molar-refractivity contribution in [2.75, 3.05) is 0 Å². The number of hydrogen-bond donors (Lipinski definition) is 0. The van der Waals surface area contributed by atoms with Crippen LogP contribution in [0.2, 0.25) is 0 Å². The molecule has 0 saturated heterocycles. The van der Waals surface area contributed by atoms with Crippen molar-refractivity contribution in [3.63, 3.8) is 0 Å². The molecule has 0 fully saturated rings. The van der Waals surface area contributed by atoms with E-state index in [-0.39, 0.29) is 11.6 Å². The number of pyridine rings is 2. The van der Waals surface area contributed by atoms with E-state index in [1.54, 1.807) is 71.7 Å². The van der Waals surface area contributed by atoms with Crippen LogP contribution in [0.25, 0.3) is 22.2 Å². The molecule has 6 nitrogen and oxygen atoms in total. The summed E-state index contributed by atoms with van der Waals surface area (Å²) in [4.78, 5) is 16.8. The van der Waals surface area contributed by atoms with Gasteiger partial charge in [-0.05, 0) is 65.9 Å². The third-order valence-electron chi connectivity index (χ3n) is 6.66. The van der Waals surface area contributed by atoms with Crippen molar-refractivity contribution in [2.45, 2.75) is 39.2 Å². The van der Waals surface area contributed by atoms with Crippen molar-refractivity contribution < 1.29 is 17.6 Å². The molecule has 0 radical (unpaired) electrons. The van der Waals surface area contributed by atoms with Crippen LogP contribution in [-0.2, 0) is 26.3 Å². The molecular weight excluding hydrogens is 604 g/mol. The number of fused-ring (bicyclic) bond motifs is 1. The topological polar surface area (TPSA) is 69.4 Å². The van der Waals surface area contributed by atoms with Crippen molar-refractivity contribution >= 4 is 11.0 Å². The van der Waals surface area contributed by atoms with E-state index in [1.807, 2.05) is 6.20 Å². The van der Waals surface area contributed by atoms with Gasteiger partial charge in [0, 0.05) is 43.3 Å². The molecule has 10 heteroatoms. The average molecular weight is 633 g/mol. The van der Waals surface area contributed by atoms with E-state index in [0.717, 1.165) is 16.8 Å². The molecule has 6 rings (SSSR count). The Kier molecular flexibility index (Phi) is 11.4. The quantitative estimate of drug-likeness (QED) is 0.134. The Bertz CT molecular complexity index is 2070. The van der Waals surface area contributed by atoms with E-state index in [4.69, 9.17) is 0 Å². The van der Waals surface area contributed by atoms with E-state index < -0.39 is 13.3 Å². The van der Waals surface area contributed by atoms with Crippen LogP contribution < -0.4 is 0 Å². The summed E-state index contributed by atoms with van der Waals surface area (Å²) in [6.07, 6.45) is 7.10. The maximum Gasteiger partial charge on any atom is 0.131 e. The van der Waals surface area contributed by atoms with Gasteiger partial charge in [0.15, 0.2) is 0 Å². The van der Waals surface area contributed by atoms with Crippen LogP contribution in [0.15, 0.2) is 97.5 Å². The smallest absolute Gasteiger partial charge is 0.131 e. The van der Waals surface area contributed by atoms with Crippen LogP contribution in [0.3, 0.4) is 0 Å². The zero-order valence-electron chi connectivity index (χ0n) is 25.2. The third kappa shape index (κ3) is 9.81. The normalized spacial score (nSPS) is 10.3. The predicted molar refractivity (Wildman–Crippen MR) is 172 cm³/mol. The molecular formula is C37H28F4N6. The number of alkyl halides is 2. The lowest BCUT2D eigenvalue weighted by Crippen LogP contribution is -1.96. The fourth-order valence-corrected chi connectivity index (χ4v) is 4.33. The number of hydrogen-bond acceptors (Lipinski definition) is 5. The molecule has 0 aliphatic heterocycles. The second-order valence-electron chi connectivity index (χ2n) is 10.1. The van der Waals surface area contributed by atoms with Crippen molar-refractivity contribution in [2.24, 2.45) is 0 Å². The van der Waals surface area contributed by atoms with Crippen LogP contribution in [0.1, 0.15) is 41.3 Å². The summed E-state index contributed by atoms with van der Waals surface area (Å²) in [5.74, 6) is 11.3. The van der Waals surface area contributed by atoms with E-state index in [9.17, 15) is 17.6 Å². The first-order chi connectivity index (χ1) is 23.0. The minimum Gasteiger partial charge on any atom is -0.271 e. The SMILES string of the molecule is FCc1cccc(C#CCCc2cnc3cc(F)ccc3n2)n1.FCc1cccc(C#CCCn2cc(-c3ccc(F)cc3)cn2)n1. The number of rotatable bonds is 7. The molecule has 47 heavy (non-hydrogen) atoms. The predicted octanol–water partition coefficient (Wildman–Crippen LogP) is 7.61. The number of aryl methyl sites for hydroxylation is 2. The lowest BCUT2D eigenvalue weighted by molar-refractivity contribution is 0.475. The van der Waals surface area contributed by atoms with Gasteiger partial charge in [0.05, 0.1) is 40.9 Å². The fraction of sp³-hybridized carbons (Fsp3) is 0.162. The molecule has 4 heterocycles. The summed E-state index contributed by atoms with van der Waals surface area (Å²) >= 11 is 0. The van der Waals surface area contributed by atoms with Crippen molar-refractivity contribution in [3.05, 3.63) is 138 Å². The van der Waals surface area contributed by atoms with Gasteiger partial charge < -0.3 is 0 Å². The third-order valence-corrected chi connectivity index (χ3v) is 6.66. The average Bonchev–Trinajstić information content (AvgIpc) is 3.58. The monoisotopic (exact) mass is 632 g/mol. The molecule has 0 atom stereocenters. The van der Waals surface area contributed by atoms with Gasteiger partial charge in [-0.1, -0.05) is 36.1 Å². The summed E-state index contributed by atoms with van der Waals surface area (Å²) in [7, 11) is 0. The molecule has 2 aromatic carbocycles. The standard InChI is InChI=1S/C19H15F2N3.C18H13F2N3/c20-12-19-6-3-5-18(23-19)4-1-2-11-24-14-16(13-22-24)15-7-9-17(21)10-8-15;19-11-15-7-3-6-14(22-15)4-1-2-5-16-12-21-18-10-13(20)8-9-17(18)23-16/h3,5-10,13-14H,2,11-12H2;3,6-10,12H,2,5,11H2. The summed E-state index contributed by atoms with van der Waals surface area (Å²) in [6.45, 7) is -0.547. The van der Waals surface area contributed by atoms with E-state index in [1.165, 1.54) is 24.3 Å². The molecule has 4 aromatic heterocycles. The highest BCUT2D eigenvalue weighted by Crippen LogP contribution is 2.18. The molecule has 0 N–H and O–H groups in total. The second kappa shape index (κ2) is 16.4. The van der Waals surface area contributed by atoms with E-state index in [0.29, 0.717) is 59.6 Å². The molecule has 234 valence electrons. The maximum absolute atomic E-state index is 13.1. The van der Waals surface area contributed by atoms with Gasteiger partial charge in [-0.25, -0.2) is 32.5 Å². The minimum atomic E-state index is -0.594. The van der Waals surface area contributed by atoms with Gasteiger partial charge in [0.2, 0.25) is 0 Å². The molecule has 6 aromatic rings. The van der Waals surface area contributed by atoms with Gasteiger partial charge in [0.1, 0.15) is 36.4 Å². The Morgan fingerprint density at radius 2 is 1.28 bits per heavy atom. The molecule has 0 spiro atoms. The fourth-order valence-electron chi connectivity index (χ4n) is 4.33. The first kappa shape index (κ1) is 32.5. The summed E-state index contributed by atoms with van der Waals surface area (Å²) in [6, 6.07) is 20.9. The summed E-state index contributed by atoms with van der Waals surface area (Å²) in [5.41, 5.74) is 5.73. The lowest BCUT2D eigenvalue weighted by atomic mass is 10.1. The Labute approximate surface area is 269 Å². The minimum absolute atomic E-state index is 0.258. The second-order valence-corrected chi connectivity index (χ2v) is 10.1. The molecule has 0 amide bonds. The number of nitrogens with zero attached hydrogens (tertiary/aromatic N) is 6. The largest absolute Gasteiger partial charge is 0.271 e. The highest BCUT2D eigenvalue weighted by molar-refractivity contribution is 5.73. The van der Waals surface area contributed by atoms with Gasteiger partial charge in [-0.2, -0.15) is 5.10 Å². The molecule has 0 saturated carbocycles. The lowest BCUT2D eigenvalue weighted by Gasteiger charge is -2.00. The van der Waals surface area contributed by atoms with Crippen molar-refractivity contribution in [1.82, 2.24) is 29.7 Å². The van der Waals surface area contributed by atoms with Crippen LogP contribution in [0.4, 0.5) is 17.6 Å². The molecule has 0 aliphatic rings. The molecule has 0 unspecified atom stereocenters. The van der Waals surface area contributed by atoms with Gasteiger partial charge in [0.25, 0.3) is 0 Å². The Morgan fingerprint density at radius 3 is 1.96 bits per heavy atom. The first-order valence-corrected chi connectivity index (χ1v) is 14.7. The van der Waals surface area contributed by atoms with Gasteiger partial charge in [-0.15, -0.1) is 0 Å². The highest BCUT2D eigenvalue weighted by atomic mass is 19.1. The van der Waals surface area contributed by atoms with Crippen LogP contribution in [-0.4, -0.2) is 29.7 Å². The number of halogens is 4. The highest BCUT2D eigenvalue weighted by Gasteiger charge is 2.03. The van der Waals surface area contributed by atoms with Gasteiger partial charge in [-0.3, -0.25) is 9.67 Å². The van der Waals surface area contributed by atoms with E-state index in [2.05, 4.69) is 48.7 Å². The maximum atomic E-state index is 13.1. The van der Waals surface area contributed by atoms with Crippen LogP contribution in [0, 0.1) is 35.3 Å². The Hall–Kier alpha value is -5.87. The summed E-state index contributed by atoms with van der Waals surface area (Å²) in [5, 5.41) is 4.28. The van der Waals surface area contributed by atoms with Crippen molar-refractivity contribution in [3.8, 4) is 34.8 Å². The van der Waals surface area contributed by atoms with Crippen LogP contribution in [0.5, 0.6) is 0 Å². The van der Waals surface area contributed by atoms with E-state index >= 15 is 0 Å². The van der Waals surface area contributed by atoms with Crippen molar-refractivity contribution in [1.29, 1.82) is 0 Å². The van der Waals surface area contributed by atoms with Gasteiger partial charge >= 0.3 is 0 Å². The Morgan fingerprint density at radius 1 is 0.617 bits per heavy atom. The first-order valence-electron chi connectivity index (χ1n) is 14.7. The molecule has 0 aliphatic carbocycles. The summed E-state index contributed by atoms with van der Waals surface area (Å²) < 4.78 is 52.9. The number of benzene rings is 2. The number of aromatic nitrogens is 6. The zero-order valence-corrected chi connectivity index (χ0v) is 25.2.